The van der Waals surface area contributed by atoms with Gasteiger partial charge in [0.05, 0.1) is 5.56 Å². The van der Waals surface area contributed by atoms with Gasteiger partial charge in [0.1, 0.15) is 0 Å². The van der Waals surface area contributed by atoms with E-state index in [-0.39, 0.29) is 0 Å². The molecular weight excluding hydrogens is 333 g/mol. The monoisotopic (exact) mass is 347 g/mol. The number of hydrogen-bond acceptors (Lipinski definition) is 3. The summed E-state index contributed by atoms with van der Waals surface area (Å²) in [5.41, 5.74) is 1.04. The predicted molar refractivity (Wildman–Crippen MR) is 73.6 cm³/mol. The third-order valence-electron chi connectivity index (χ3n) is 2.79. The smallest absolute Gasteiger partial charge is 0.337 e. The largest absolute Gasteiger partial charge is 0.478 e. The van der Waals surface area contributed by atoms with Crippen LogP contribution in [0.5, 0.6) is 0 Å². The van der Waals surface area contributed by atoms with Gasteiger partial charge in [-0.15, -0.1) is 0 Å². The molecule has 0 aliphatic carbocycles. The Balaban J connectivity index is 2.16. The number of carboxylic acids is 1. The molecule has 0 aromatic heterocycles. The number of ether oxygens (including phenoxy) is 1. The maximum Gasteiger partial charge on any atom is 0.337 e. The van der Waals surface area contributed by atoms with Gasteiger partial charge in [0.2, 0.25) is 0 Å². The number of hydrogen-bond donors (Lipinski definition) is 2. The van der Waals surface area contributed by atoms with Crippen molar-refractivity contribution in [3.05, 3.63) is 27.3 Å². The Bertz CT molecular complexity index is 416. The number of rotatable bonds is 3. The van der Waals surface area contributed by atoms with Crippen LogP contribution in [-0.4, -0.2) is 30.3 Å². The average molecular weight is 347 g/mol. The van der Waals surface area contributed by atoms with Crippen molar-refractivity contribution in [1.82, 2.24) is 0 Å². The van der Waals surface area contributed by atoms with Crippen LogP contribution in [-0.2, 0) is 4.74 Å². The van der Waals surface area contributed by atoms with Crippen LogP contribution in [0.1, 0.15) is 23.2 Å². The first-order valence-corrected chi connectivity index (χ1v) is 6.62. The Labute approximate surface area is 113 Å². The van der Waals surface area contributed by atoms with Crippen molar-refractivity contribution >= 4 is 34.2 Å². The lowest BCUT2D eigenvalue weighted by Gasteiger charge is -2.24. The summed E-state index contributed by atoms with van der Waals surface area (Å²) in [6.07, 6.45) is 1.84. The van der Waals surface area contributed by atoms with E-state index >= 15 is 0 Å². The summed E-state index contributed by atoms with van der Waals surface area (Å²) in [5, 5.41) is 12.4. The molecule has 0 unspecified atom stereocenters. The molecule has 92 valence electrons. The van der Waals surface area contributed by atoms with Crippen LogP contribution in [0.3, 0.4) is 0 Å². The number of halogens is 1. The molecule has 1 heterocycles. The van der Waals surface area contributed by atoms with Crippen molar-refractivity contribution in [3.8, 4) is 0 Å². The number of carbonyl (C=O) groups is 1. The molecule has 1 saturated heterocycles. The van der Waals surface area contributed by atoms with Gasteiger partial charge in [0, 0.05) is 28.5 Å². The van der Waals surface area contributed by atoms with E-state index < -0.39 is 5.97 Å². The number of benzene rings is 1. The van der Waals surface area contributed by atoms with Gasteiger partial charge >= 0.3 is 5.97 Å². The molecule has 4 nitrogen and oxygen atoms in total. The lowest BCUT2D eigenvalue weighted by atomic mass is 10.1. The molecule has 0 amide bonds. The summed E-state index contributed by atoms with van der Waals surface area (Å²) in [7, 11) is 0. The van der Waals surface area contributed by atoms with Crippen molar-refractivity contribution in [2.45, 2.75) is 18.9 Å². The normalized spacial score (nSPS) is 16.8. The molecule has 0 atom stereocenters. The van der Waals surface area contributed by atoms with Gasteiger partial charge < -0.3 is 15.2 Å². The molecule has 1 aliphatic heterocycles. The highest BCUT2D eigenvalue weighted by Crippen LogP contribution is 2.22. The minimum Gasteiger partial charge on any atom is -0.478 e. The standard InChI is InChI=1S/C12H14INO3/c13-8-1-2-11(10(7-8)12(15)16)14-9-3-5-17-6-4-9/h1-2,7,9,14H,3-6H2,(H,15,16). The molecule has 1 aromatic rings. The Morgan fingerprint density at radius 3 is 2.76 bits per heavy atom. The molecule has 0 saturated carbocycles. The van der Waals surface area contributed by atoms with Crippen LogP contribution in [0.15, 0.2) is 18.2 Å². The maximum atomic E-state index is 11.1. The first-order valence-electron chi connectivity index (χ1n) is 5.54. The van der Waals surface area contributed by atoms with Crippen molar-refractivity contribution < 1.29 is 14.6 Å². The fraction of sp³-hybridized carbons (Fsp3) is 0.417. The van der Waals surface area contributed by atoms with E-state index in [1.165, 1.54) is 0 Å². The van der Waals surface area contributed by atoms with E-state index in [0.717, 1.165) is 29.6 Å². The molecule has 5 heteroatoms. The van der Waals surface area contributed by atoms with E-state index in [1.54, 1.807) is 6.07 Å². The van der Waals surface area contributed by atoms with Crippen LogP contribution in [0, 0.1) is 3.57 Å². The van der Waals surface area contributed by atoms with Crippen LogP contribution in [0.4, 0.5) is 5.69 Å². The van der Waals surface area contributed by atoms with Crippen LogP contribution < -0.4 is 5.32 Å². The van der Waals surface area contributed by atoms with E-state index in [4.69, 9.17) is 9.84 Å². The third-order valence-corrected chi connectivity index (χ3v) is 3.46. The van der Waals surface area contributed by atoms with Crippen molar-refractivity contribution in [2.24, 2.45) is 0 Å². The minimum atomic E-state index is -0.891. The Kier molecular flexibility index (Phi) is 4.22. The average Bonchev–Trinajstić information content (AvgIpc) is 2.32. The molecule has 0 radical (unpaired) electrons. The molecule has 1 aliphatic rings. The highest BCUT2D eigenvalue weighted by Gasteiger charge is 2.17. The fourth-order valence-corrected chi connectivity index (χ4v) is 2.37. The molecule has 1 aromatic carbocycles. The fourth-order valence-electron chi connectivity index (χ4n) is 1.88. The molecule has 0 bridgehead atoms. The van der Waals surface area contributed by atoms with Gasteiger partial charge in [0.25, 0.3) is 0 Å². The van der Waals surface area contributed by atoms with E-state index in [2.05, 4.69) is 27.9 Å². The molecule has 17 heavy (non-hydrogen) atoms. The van der Waals surface area contributed by atoms with E-state index in [9.17, 15) is 4.79 Å². The second kappa shape index (κ2) is 5.68. The Morgan fingerprint density at radius 1 is 1.41 bits per heavy atom. The second-order valence-electron chi connectivity index (χ2n) is 4.03. The Morgan fingerprint density at radius 2 is 2.12 bits per heavy atom. The number of nitrogens with one attached hydrogen (secondary N) is 1. The zero-order valence-corrected chi connectivity index (χ0v) is 11.4. The van der Waals surface area contributed by atoms with Gasteiger partial charge in [-0.1, -0.05) is 0 Å². The summed E-state index contributed by atoms with van der Waals surface area (Å²) in [6, 6.07) is 5.74. The highest BCUT2D eigenvalue weighted by molar-refractivity contribution is 14.1. The number of aromatic carboxylic acids is 1. The third kappa shape index (κ3) is 3.32. The Hall–Kier alpha value is -0.820. The molecular formula is C12H14INO3. The van der Waals surface area contributed by atoms with Gasteiger partial charge in [-0.2, -0.15) is 0 Å². The van der Waals surface area contributed by atoms with Crippen molar-refractivity contribution in [1.29, 1.82) is 0 Å². The summed E-state index contributed by atoms with van der Waals surface area (Å²) >= 11 is 2.12. The molecule has 0 spiro atoms. The first kappa shape index (κ1) is 12.6. The molecule has 2 N–H and O–H groups in total. The van der Waals surface area contributed by atoms with E-state index in [1.807, 2.05) is 12.1 Å². The molecule has 2 rings (SSSR count). The minimum absolute atomic E-state index is 0.307. The van der Waals surface area contributed by atoms with Gasteiger partial charge in [-0.05, 0) is 53.6 Å². The zero-order chi connectivity index (χ0) is 12.3. The van der Waals surface area contributed by atoms with Gasteiger partial charge in [-0.25, -0.2) is 4.79 Å². The van der Waals surface area contributed by atoms with Crippen LogP contribution in [0.2, 0.25) is 0 Å². The maximum absolute atomic E-state index is 11.1. The van der Waals surface area contributed by atoms with Crippen LogP contribution >= 0.6 is 22.6 Å². The number of carboxylic acid groups (broad SMARTS) is 1. The summed E-state index contributed by atoms with van der Waals surface area (Å²) < 4.78 is 6.20. The quantitative estimate of drug-likeness (QED) is 0.826. The lowest BCUT2D eigenvalue weighted by molar-refractivity contribution is 0.0697. The summed E-state index contributed by atoms with van der Waals surface area (Å²) in [6.45, 7) is 1.48. The SMILES string of the molecule is O=C(O)c1cc(I)ccc1NC1CCOCC1. The zero-order valence-electron chi connectivity index (χ0n) is 9.28. The molecule has 1 fully saturated rings. The van der Waals surface area contributed by atoms with E-state index in [0.29, 0.717) is 17.3 Å². The topological polar surface area (TPSA) is 58.6 Å². The highest BCUT2D eigenvalue weighted by atomic mass is 127. The van der Waals surface area contributed by atoms with Crippen molar-refractivity contribution in [3.63, 3.8) is 0 Å². The number of anilines is 1. The summed E-state index contributed by atoms with van der Waals surface area (Å²) in [4.78, 5) is 11.1. The predicted octanol–water partition coefficient (Wildman–Crippen LogP) is 2.58. The lowest BCUT2D eigenvalue weighted by Crippen LogP contribution is -2.28. The van der Waals surface area contributed by atoms with Gasteiger partial charge in [0.15, 0.2) is 0 Å². The van der Waals surface area contributed by atoms with Crippen molar-refractivity contribution in [2.75, 3.05) is 18.5 Å². The first-order chi connectivity index (χ1) is 8.16. The van der Waals surface area contributed by atoms with Gasteiger partial charge in [-0.3, -0.25) is 0 Å². The summed E-state index contributed by atoms with van der Waals surface area (Å²) in [5.74, 6) is -0.891. The van der Waals surface area contributed by atoms with Crippen LogP contribution in [0.25, 0.3) is 0 Å². The second-order valence-corrected chi connectivity index (χ2v) is 5.27.